The van der Waals surface area contributed by atoms with Crippen LogP contribution >= 0.6 is 0 Å². The molecule has 138 valence electrons. The molecule has 0 amide bonds. The molecular formula is C19H38O4. The molecule has 0 aliphatic rings. The predicted molar refractivity (Wildman–Crippen MR) is 95.2 cm³/mol. The molecule has 0 aliphatic carbocycles. The number of hydrogen-bond acceptors (Lipinski definition) is 4. The lowest BCUT2D eigenvalue weighted by Gasteiger charge is -2.36. The van der Waals surface area contributed by atoms with E-state index in [1.807, 2.05) is 6.08 Å². The summed E-state index contributed by atoms with van der Waals surface area (Å²) < 4.78 is 22.2. The van der Waals surface area contributed by atoms with Crippen LogP contribution in [0.5, 0.6) is 0 Å². The molecule has 4 nitrogen and oxygen atoms in total. The van der Waals surface area contributed by atoms with Gasteiger partial charge in [-0.3, -0.25) is 0 Å². The number of allylic oxidation sites excluding steroid dienone is 1. The molecule has 0 saturated heterocycles. The van der Waals surface area contributed by atoms with Gasteiger partial charge < -0.3 is 18.9 Å². The highest BCUT2D eigenvalue weighted by Gasteiger charge is 2.39. The Morgan fingerprint density at radius 3 is 2.00 bits per heavy atom. The number of hydrogen-bond donors (Lipinski definition) is 0. The van der Waals surface area contributed by atoms with Crippen molar-refractivity contribution in [3.63, 3.8) is 0 Å². The highest BCUT2D eigenvalue weighted by atomic mass is 16.9. The molecule has 4 heteroatoms. The zero-order chi connectivity index (χ0) is 17.4. The maximum absolute atomic E-state index is 5.57. The lowest BCUT2D eigenvalue weighted by atomic mass is 9.93. The molecule has 1 unspecified atom stereocenters. The normalized spacial score (nSPS) is 13.6. The van der Waals surface area contributed by atoms with Crippen LogP contribution in [0.1, 0.15) is 71.6 Å². The standard InChI is InChI=1S/C19H38O4/c1-6-8-10-11-12-14-18(19(20-3,21-4)22-5)15-13-17-23-16-9-7-2/h9,16,18H,6-8,10-15,17H2,1-5H3. The zero-order valence-electron chi connectivity index (χ0n) is 15.9. The van der Waals surface area contributed by atoms with Crippen molar-refractivity contribution in [1.82, 2.24) is 0 Å². The molecule has 0 bridgehead atoms. The van der Waals surface area contributed by atoms with Gasteiger partial charge in [-0.05, 0) is 25.7 Å². The van der Waals surface area contributed by atoms with E-state index in [4.69, 9.17) is 18.9 Å². The highest BCUT2D eigenvalue weighted by Crippen LogP contribution is 2.32. The lowest BCUT2D eigenvalue weighted by Crippen LogP contribution is -2.44. The zero-order valence-corrected chi connectivity index (χ0v) is 15.9. The molecule has 0 aromatic rings. The molecule has 0 radical (unpaired) electrons. The molecule has 0 N–H and O–H groups in total. The maximum Gasteiger partial charge on any atom is 0.285 e. The van der Waals surface area contributed by atoms with Gasteiger partial charge in [0, 0.05) is 27.2 Å². The Bertz CT molecular complexity index is 266. The van der Waals surface area contributed by atoms with Crippen LogP contribution in [0.3, 0.4) is 0 Å². The summed E-state index contributed by atoms with van der Waals surface area (Å²) in [5, 5.41) is 0. The van der Waals surface area contributed by atoms with Crippen LogP contribution in [0.4, 0.5) is 0 Å². The summed E-state index contributed by atoms with van der Waals surface area (Å²) in [6.07, 6.45) is 14.1. The molecule has 0 aromatic carbocycles. The fraction of sp³-hybridized carbons (Fsp3) is 0.895. The second-order valence-electron chi connectivity index (χ2n) is 5.91. The van der Waals surface area contributed by atoms with E-state index in [1.54, 1.807) is 27.6 Å². The van der Waals surface area contributed by atoms with Crippen molar-refractivity contribution in [2.45, 2.75) is 77.6 Å². The van der Waals surface area contributed by atoms with Crippen molar-refractivity contribution in [3.05, 3.63) is 12.3 Å². The summed E-state index contributed by atoms with van der Waals surface area (Å²) in [6.45, 7) is 5.05. The van der Waals surface area contributed by atoms with E-state index >= 15 is 0 Å². The first kappa shape index (κ1) is 22.4. The third-order valence-corrected chi connectivity index (χ3v) is 4.25. The third-order valence-electron chi connectivity index (χ3n) is 4.25. The lowest BCUT2D eigenvalue weighted by molar-refractivity contribution is -0.380. The second-order valence-corrected chi connectivity index (χ2v) is 5.91. The van der Waals surface area contributed by atoms with Crippen molar-refractivity contribution < 1.29 is 18.9 Å². The average molecular weight is 331 g/mol. The van der Waals surface area contributed by atoms with E-state index in [2.05, 4.69) is 13.8 Å². The molecule has 0 rings (SSSR count). The molecule has 1 atom stereocenters. The van der Waals surface area contributed by atoms with Gasteiger partial charge in [-0.15, -0.1) is 0 Å². The number of unbranched alkanes of at least 4 members (excludes halogenated alkanes) is 4. The van der Waals surface area contributed by atoms with Crippen LogP contribution in [0, 0.1) is 5.92 Å². The van der Waals surface area contributed by atoms with Crippen LogP contribution in [-0.4, -0.2) is 33.9 Å². The van der Waals surface area contributed by atoms with Gasteiger partial charge in [0.05, 0.1) is 12.9 Å². The summed E-state index contributed by atoms with van der Waals surface area (Å²) in [6, 6.07) is 0. The summed E-state index contributed by atoms with van der Waals surface area (Å²) >= 11 is 0. The third kappa shape index (κ3) is 9.33. The number of rotatable bonds is 16. The monoisotopic (exact) mass is 330 g/mol. The molecular weight excluding hydrogens is 292 g/mol. The van der Waals surface area contributed by atoms with Crippen molar-refractivity contribution in [2.24, 2.45) is 5.92 Å². The minimum absolute atomic E-state index is 0.211. The average Bonchev–Trinajstić information content (AvgIpc) is 2.58. The van der Waals surface area contributed by atoms with E-state index in [-0.39, 0.29) is 5.92 Å². The van der Waals surface area contributed by atoms with Gasteiger partial charge in [0.1, 0.15) is 0 Å². The highest BCUT2D eigenvalue weighted by molar-refractivity contribution is 4.73. The summed E-state index contributed by atoms with van der Waals surface area (Å²) in [5.74, 6) is -0.729. The van der Waals surface area contributed by atoms with Gasteiger partial charge in [-0.1, -0.05) is 52.0 Å². The Balaban J connectivity index is 4.39. The molecule has 0 aliphatic heterocycles. The van der Waals surface area contributed by atoms with Gasteiger partial charge in [0.2, 0.25) is 0 Å². The van der Waals surface area contributed by atoms with Crippen LogP contribution in [0.25, 0.3) is 0 Å². The molecule has 0 spiro atoms. The second kappa shape index (κ2) is 15.0. The van der Waals surface area contributed by atoms with Crippen LogP contribution < -0.4 is 0 Å². The van der Waals surface area contributed by atoms with E-state index in [9.17, 15) is 0 Å². The number of ether oxygens (including phenoxy) is 4. The van der Waals surface area contributed by atoms with Crippen LogP contribution in [-0.2, 0) is 18.9 Å². The summed E-state index contributed by atoms with van der Waals surface area (Å²) in [5.41, 5.74) is 0. The van der Waals surface area contributed by atoms with Crippen LogP contribution in [0.2, 0.25) is 0 Å². The van der Waals surface area contributed by atoms with Gasteiger partial charge >= 0.3 is 0 Å². The largest absolute Gasteiger partial charge is 0.502 e. The Morgan fingerprint density at radius 1 is 0.826 bits per heavy atom. The van der Waals surface area contributed by atoms with Gasteiger partial charge in [-0.25, -0.2) is 0 Å². The maximum atomic E-state index is 5.57. The summed E-state index contributed by atoms with van der Waals surface area (Å²) in [4.78, 5) is 0. The van der Waals surface area contributed by atoms with Crippen molar-refractivity contribution >= 4 is 0 Å². The van der Waals surface area contributed by atoms with Crippen molar-refractivity contribution in [3.8, 4) is 0 Å². The smallest absolute Gasteiger partial charge is 0.285 e. The van der Waals surface area contributed by atoms with E-state index in [0.29, 0.717) is 0 Å². The minimum Gasteiger partial charge on any atom is -0.502 e. The molecule has 0 heterocycles. The van der Waals surface area contributed by atoms with Gasteiger partial charge in [0.25, 0.3) is 5.97 Å². The predicted octanol–water partition coefficient (Wildman–Crippen LogP) is 5.28. The molecule has 0 fully saturated rings. The van der Waals surface area contributed by atoms with E-state index in [0.717, 1.165) is 32.3 Å². The fourth-order valence-electron chi connectivity index (χ4n) is 2.89. The molecule has 0 saturated carbocycles. The van der Waals surface area contributed by atoms with E-state index in [1.165, 1.54) is 32.1 Å². The number of methoxy groups -OCH3 is 3. The SMILES string of the molecule is CCC=COCCCC(CCCCCCC)C(OC)(OC)OC. The Hall–Kier alpha value is -0.580. The first-order chi connectivity index (χ1) is 11.2. The topological polar surface area (TPSA) is 36.9 Å². The van der Waals surface area contributed by atoms with Crippen LogP contribution in [0.15, 0.2) is 12.3 Å². The molecule has 0 aromatic heterocycles. The quantitative estimate of drug-likeness (QED) is 0.219. The van der Waals surface area contributed by atoms with Crippen molar-refractivity contribution in [1.29, 1.82) is 0 Å². The van der Waals surface area contributed by atoms with E-state index < -0.39 is 5.97 Å². The Morgan fingerprint density at radius 2 is 1.43 bits per heavy atom. The van der Waals surface area contributed by atoms with Gasteiger partial charge in [-0.2, -0.15) is 0 Å². The van der Waals surface area contributed by atoms with Gasteiger partial charge in [0.15, 0.2) is 0 Å². The fourth-order valence-corrected chi connectivity index (χ4v) is 2.89. The van der Waals surface area contributed by atoms with Crippen molar-refractivity contribution in [2.75, 3.05) is 27.9 Å². The first-order valence-corrected chi connectivity index (χ1v) is 9.12. The molecule has 23 heavy (non-hydrogen) atoms. The summed E-state index contributed by atoms with van der Waals surface area (Å²) in [7, 11) is 4.95. The Kier molecular flexibility index (Phi) is 14.6. The Labute approximate surface area is 143 Å². The first-order valence-electron chi connectivity index (χ1n) is 9.12. The minimum atomic E-state index is -0.940.